The molecule has 150 valence electrons. The summed E-state index contributed by atoms with van der Waals surface area (Å²) < 4.78 is 15.3. The van der Waals surface area contributed by atoms with Crippen LogP contribution < -0.4 is 5.01 Å². The van der Waals surface area contributed by atoms with Gasteiger partial charge in [0.15, 0.2) is 5.69 Å². The molecule has 4 aromatic rings. The molecule has 30 heavy (non-hydrogen) atoms. The molecule has 1 aromatic carbocycles. The summed E-state index contributed by atoms with van der Waals surface area (Å²) in [6, 6.07) is 14.4. The predicted octanol–water partition coefficient (Wildman–Crippen LogP) is 4.24. The molecule has 0 saturated heterocycles. The van der Waals surface area contributed by atoms with E-state index in [-0.39, 0.29) is 5.91 Å². The average molecular weight is 422 g/mol. The number of carbonyl (C=O) groups is 1. The number of para-hydroxylation sites is 1. The van der Waals surface area contributed by atoms with Crippen LogP contribution in [0.4, 0.5) is 10.1 Å². The van der Waals surface area contributed by atoms with Crippen molar-refractivity contribution in [2.45, 2.75) is 6.42 Å². The molecule has 6 nitrogen and oxygen atoms in total. The first-order chi connectivity index (χ1) is 14.5. The van der Waals surface area contributed by atoms with Crippen molar-refractivity contribution in [3.63, 3.8) is 0 Å². The summed E-state index contributed by atoms with van der Waals surface area (Å²) in [4.78, 5) is 16.9. The minimum absolute atomic E-state index is 0.210. The zero-order chi connectivity index (χ0) is 20.8. The smallest absolute Gasteiger partial charge is 0.285 e. The highest BCUT2D eigenvalue weighted by Crippen LogP contribution is 2.37. The lowest BCUT2D eigenvalue weighted by Gasteiger charge is -2.39. The summed E-state index contributed by atoms with van der Waals surface area (Å²) in [5, 5.41) is 8.42. The number of rotatable bonds is 2. The van der Waals surface area contributed by atoms with Crippen molar-refractivity contribution in [1.82, 2.24) is 19.6 Å². The molecule has 1 aliphatic heterocycles. The number of hydrogen-bond acceptors (Lipinski definition) is 4. The van der Waals surface area contributed by atoms with E-state index in [0.717, 1.165) is 22.3 Å². The summed E-state index contributed by atoms with van der Waals surface area (Å²) >= 11 is 6.03. The van der Waals surface area contributed by atoms with Crippen LogP contribution in [0.25, 0.3) is 16.6 Å². The van der Waals surface area contributed by atoms with Crippen LogP contribution in [0.1, 0.15) is 16.1 Å². The van der Waals surface area contributed by atoms with E-state index in [1.165, 1.54) is 12.3 Å². The Morgan fingerprint density at radius 3 is 2.87 bits per heavy atom. The number of hydrazine groups is 1. The van der Waals surface area contributed by atoms with E-state index in [0.29, 0.717) is 29.2 Å². The van der Waals surface area contributed by atoms with Gasteiger partial charge in [0.1, 0.15) is 0 Å². The molecular formula is C22H17ClFN5O. The highest BCUT2D eigenvalue weighted by atomic mass is 35.5. The van der Waals surface area contributed by atoms with Crippen LogP contribution in [0.3, 0.4) is 0 Å². The molecule has 0 saturated carbocycles. The third kappa shape index (κ3) is 3.07. The predicted molar refractivity (Wildman–Crippen MR) is 113 cm³/mol. The molecule has 0 spiro atoms. The maximum atomic E-state index is 13.7. The molecule has 0 unspecified atom stereocenters. The van der Waals surface area contributed by atoms with Gasteiger partial charge in [0.2, 0.25) is 5.95 Å². The Kier molecular flexibility index (Phi) is 4.40. The maximum absolute atomic E-state index is 13.7. The van der Waals surface area contributed by atoms with Crippen LogP contribution in [-0.4, -0.2) is 39.1 Å². The first-order valence-corrected chi connectivity index (χ1v) is 9.83. The number of pyridine rings is 2. The third-order valence-electron chi connectivity index (χ3n) is 5.31. The number of anilines is 1. The van der Waals surface area contributed by atoms with E-state index >= 15 is 0 Å². The average Bonchev–Trinajstić information content (AvgIpc) is 3.16. The lowest BCUT2D eigenvalue weighted by atomic mass is 9.97. The fourth-order valence-corrected chi connectivity index (χ4v) is 4.07. The number of nitrogens with zero attached hydrogens (tertiary/aromatic N) is 5. The molecule has 8 heteroatoms. The molecule has 5 rings (SSSR count). The van der Waals surface area contributed by atoms with Crippen molar-refractivity contribution in [2.24, 2.45) is 0 Å². The number of aromatic nitrogens is 3. The Hall–Kier alpha value is -3.45. The van der Waals surface area contributed by atoms with Crippen molar-refractivity contribution in [3.8, 4) is 11.1 Å². The minimum atomic E-state index is -0.542. The summed E-state index contributed by atoms with van der Waals surface area (Å²) in [5.41, 5.74) is 4.64. The fraction of sp³-hybridized carbons (Fsp3) is 0.136. The summed E-state index contributed by atoms with van der Waals surface area (Å²) in [7, 11) is 1.84. The summed E-state index contributed by atoms with van der Waals surface area (Å²) in [6.07, 6.45) is 3.79. The molecule has 0 atom stereocenters. The number of halogens is 2. The summed E-state index contributed by atoms with van der Waals surface area (Å²) in [5.74, 6) is -0.751. The Balaban J connectivity index is 1.54. The standard InChI is InChI=1S/C22H17ClFN5O/c1-27-21-14(3-2-4-18(21)15-7-9-25-20(24)11-15)8-10-29(27)22(30)19-12-17-6-5-16(23)13-28(17)26-19/h2-7,9,11-13H,8,10H2,1H3. The fourth-order valence-electron chi connectivity index (χ4n) is 3.91. The number of amides is 1. The van der Waals surface area contributed by atoms with Crippen LogP contribution in [0, 0.1) is 5.95 Å². The molecular weight excluding hydrogens is 405 g/mol. The van der Waals surface area contributed by atoms with Crippen LogP contribution in [-0.2, 0) is 6.42 Å². The van der Waals surface area contributed by atoms with Crippen LogP contribution in [0.2, 0.25) is 5.02 Å². The van der Waals surface area contributed by atoms with Crippen LogP contribution in [0.5, 0.6) is 0 Å². The van der Waals surface area contributed by atoms with Gasteiger partial charge in [0.05, 0.1) is 16.2 Å². The molecule has 0 fully saturated rings. The van der Waals surface area contributed by atoms with Crippen LogP contribution in [0.15, 0.2) is 60.9 Å². The van der Waals surface area contributed by atoms with Gasteiger partial charge >= 0.3 is 0 Å². The number of carbonyl (C=O) groups excluding carboxylic acids is 1. The second-order valence-electron chi connectivity index (χ2n) is 7.13. The van der Waals surface area contributed by atoms with E-state index < -0.39 is 5.95 Å². The van der Waals surface area contributed by atoms with Gasteiger partial charge in [0.25, 0.3) is 5.91 Å². The quantitative estimate of drug-likeness (QED) is 0.454. The molecule has 4 heterocycles. The van der Waals surface area contributed by atoms with E-state index in [2.05, 4.69) is 10.1 Å². The van der Waals surface area contributed by atoms with Crippen molar-refractivity contribution >= 4 is 28.7 Å². The van der Waals surface area contributed by atoms with Gasteiger partial charge in [-0.05, 0) is 41.8 Å². The highest BCUT2D eigenvalue weighted by Gasteiger charge is 2.30. The van der Waals surface area contributed by atoms with E-state index in [1.54, 1.807) is 33.9 Å². The lowest BCUT2D eigenvalue weighted by Crippen LogP contribution is -2.48. The Bertz CT molecular complexity index is 1290. The third-order valence-corrected chi connectivity index (χ3v) is 5.54. The molecule has 0 radical (unpaired) electrons. The zero-order valence-electron chi connectivity index (χ0n) is 16.1. The zero-order valence-corrected chi connectivity index (χ0v) is 16.8. The highest BCUT2D eigenvalue weighted by molar-refractivity contribution is 6.30. The normalized spacial score (nSPS) is 13.6. The Morgan fingerprint density at radius 1 is 1.17 bits per heavy atom. The molecule has 0 N–H and O–H groups in total. The van der Waals surface area contributed by atoms with E-state index in [1.807, 2.05) is 36.3 Å². The second kappa shape index (κ2) is 7.11. The molecule has 1 amide bonds. The molecule has 3 aromatic heterocycles. The van der Waals surface area contributed by atoms with Gasteiger partial charge in [-0.25, -0.2) is 14.5 Å². The lowest BCUT2D eigenvalue weighted by molar-refractivity contribution is 0.0732. The van der Waals surface area contributed by atoms with Crippen LogP contribution >= 0.6 is 11.6 Å². The van der Waals surface area contributed by atoms with Gasteiger partial charge in [0, 0.05) is 37.6 Å². The monoisotopic (exact) mass is 421 g/mol. The van der Waals surface area contributed by atoms with Crippen molar-refractivity contribution in [2.75, 3.05) is 18.6 Å². The molecule has 0 bridgehead atoms. The van der Waals surface area contributed by atoms with Crippen molar-refractivity contribution < 1.29 is 9.18 Å². The first kappa shape index (κ1) is 18.6. The Morgan fingerprint density at radius 2 is 2.03 bits per heavy atom. The van der Waals surface area contributed by atoms with Gasteiger partial charge < -0.3 is 0 Å². The maximum Gasteiger partial charge on any atom is 0.292 e. The van der Waals surface area contributed by atoms with Gasteiger partial charge in [-0.1, -0.05) is 29.8 Å². The first-order valence-electron chi connectivity index (χ1n) is 9.45. The SMILES string of the molecule is CN1c2c(cccc2-c2ccnc(F)c2)CCN1C(=O)c1cc2ccc(Cl)cn2n1. The van der Waals surface area contributed by atoms with Crippen molar-refractivity contribution in [1.29, 1.82) is 0 Å². The van der Waals surface area contributed by atoms with Gasteiger partial charge in [-0.3, -0.25) is 9.80 Å². The van der Waals surface area contributed by atoms with E-state index in [9.17, 15) is 9.18 Å². The Labute approximate surface area is 177 Å². The topological polar surface area (TPSA) is 53.7 Å². The molecule has 1 aliphatic rings. The minimum Gasteiger partial charge on any atom is -0.285 e. The van der Waals surface area contributed by atoms with E-state index in [4.69, 9.17) is 11.6 Å². The van der Waals surface area contributed by atoms with Crippen molar-refractivity contribution in [3.05, 3.63) is 83.2 Å². The summed E-state index contributed by atoms with van der Waals surface area (Å²) in [6.45, 7) is 0.519. The number of benzene rings is 1. The largest absolute Gasteiger partial charge is 0.292 e. The van der Waals surface area contributed by atoms with Gasteiger partial charge in [-0.15, -0.1) is 0 Å². The molecule has 0 aliphatic carbocycles. The second-order valence-corrected chi connectivity index (χ2v) is 7.57. The van der Waals surface area contributed by atoms with Gasteiger partial charge in [-0.2, -0.15) is 9.49 Å². The number of hydrogen-bond donors (Lipinski definition) is 0. The number of fused-ring (bicyclic) bond motifs is 2.